The van der Waals surface area contributed by atoms with E-state index in [1.165, 1.54) is 16.3 Å². The lowest BCUT2D eigenvalue weighted by atomic mass is 10.0. The van der Waals surface area contributed by atoms with E-state index < -0.39 is 0 Å². The van der Waals surface area contributed by atoms with Gasteiger partial charge in [0.05, 0.1) is 0 Å². The van der Waals surface area contributed by atoms with Crippen molar-refractivity contribution in [3.05, 3.63) is 42.0 Å². The molecule has 2 aromatic rings. The van der Waals surface area contributed by atoms with Crippen LogP contribution < -0.4 is 4.74 Å². The minimum atomic E-state index is 0.290. The highest BCUT2D eigenvalue weighted by atomic mass is 16.6. The standard InChI is InChI=1S/C13H10O2/c1-2-4-9-8(3-1)5-6-10-12(9)14-7-11-13(10)15-11/h1-6,11,13H,7H2. The maximum Gasteiger partial charge on any atom is 0.133 e. The molecule has 0 bridgehead atoms. The van der Waals surface area contributed by atoms with Crippen LogP contribution in [0.25, 0.3) is 10.8 Å². The lowest BCUT2D eigenvalue weighted by molar-refractivity contribution is 0.270. The van der Waals surface area contributed by atoms with Crippen LogP contribution in [0.15, 0.2) is 36.4 Å². The summed E-state index contributed by atoms with van der Waals surface area (Å²) in [4.78, 5) is 0. The maximum atomic E-state index is 5.77. The van der Waals surface area contributed by atoms with E-state index in [2.05, 4.69) is 24.3 Å². The highest BCUT2D eigenvalue weighted by Gasteiger charge is 2.46. The van der Waals surface area contributed by atoms with Crippen molar-refractivity contribution in [1.82, 2.24) is 0 Å². The van der Waals surface area contributed by atoms with Gasteiger partial charge in [-0.3, -0.25) is 0 Å². The Morgan fingerprint density at radius 2 is 2.00 bits per heavy atom. The third-order valence-corrected chi connectivity index (χ3v) is 3.19. The lowest BCUT2D eigenvalue weighted by Crippen LogP contribution is -2.12. The van der Waals surface area contributed by atoms with E-state index in [0.29, 0.717) is 18.8 Å². The van der Waals surface area contributed by atoms with Crippen molar-refractivity contribution in [2.24, 2.45) is 0 Å². The molecule has 2 aliphatic heterocycles. The quantitative estimate of drug-likeness (QED) is 0.607. The minimum Gasteiger partial charge on any atom is -0.490 e. The number of benzene rings is 2. The van der Waals surface area contributed by atoms with Crippen molar-refractivity contribution in [2.45, 2.75) is 12.2 Å². The number of epoxide rings is 1. The Hall–Kier alpha value is -1.54. The molecule has 0 radical (unpaired) electrons. The SMILES string of the molecule is c1ccc2c3c(ccc2c1)C1OC1CO3. The molecule has 2 aliphatic rings. The summed E-state index contributed by atoms with van der Waals surface area (Å²) in [6, 6.07) is 12.6. The van der Waals surface area contributed by atoms with Crippen molar-refractivity contribution < 1.29 is 9.47 Å². The Morgan fingerprint density at radius 1 is 1.07 bits per heavy atom. The predicted octanol–water partition coefficient (Wildman–Crippen LogP) is 2.67. The molecule has 2 nitrogen and oxygen atoms in total. The van der Waals surface area contributed by atoms with E-state index in [4.69, 9.17) is 9.47 Å². The van der Waals surface area contributed by atoms with Crippen LogP contribution in [-0.2, 0) is 4.74 Å². The smallest absolute Gasteiger partial charge is 0.133 e. The molecule has 2 atom stereocenters. The van der Waals surface area contributed by atoms with E-state index >= 15 is 0 Å². The highest BCUT2D eigenvalue weighted by Crippen LogP contribution is 2.49. The summed E-state index contributed by atoms with van der Waals surface area (Å²) < 4.78 is 11.3. The van der Waals surface area contributed by atoms with Crippen LogP contribution in [0.1, 0.15) is 11.7 Å². The second-order valence-electron chi connectivity index (χ2n) is 4.11. The molecule has 4 rings (SSSR count). The molecular formula is C13H10O2. The largest absolute Gasteiger partial charge is 0.490 e. The molecule has 2 heteroatoms. The van der Waals surface area contributed by atoms with Crippen molar-refractivity contribution in [2.75, 3.05) is 6.61 Å². The van der Waals surface area contributed by atoms with Crippen LogP contribution in [0, 0.1) is 0 Å². The molecule has 1 fully saturated rings. The molecule has 1 saturated heterocycles. The number of hydrogen-bond donors (Lipinski definition) is 0. The summed E-state index contributed by atoms with van der Waals surface area (Å²) in [6.45, 7) is 0.700. The average Bonchev–Trinajstić information content (AvgIpc) is 3.07. The van der Waals surface area contributed by atoms with Crippen molar-refractivity contribution in [3.8, 4) is 5.75 Å². The first kappa shape index (κ1) is 7.71. The molecule has 2 aromatic carbocycles. The van der Waals surface area contributed by atoms with Crippen LogP contribution in [0.2, 0.25) is 0 Å². The summed E-state index contributed by atoms with van der Waals surface area (Å²) >= 11 is 0. The fourth-order valence-corrected chi connectivity index (χ4v) is 2.35. The van der Waals surface area contributed by atoms with E-state index in [9.17, 15) is 0 Å². The van der Waals surface area contributed by atoms with Crippen molar-refractivity contribution >= 4 is 10.8 Å². The molecule has 2 heterocycles. The fourth-order valence-electron chi connectivity index (χ4n) is 2.35. The van der Waals surface area contributed by atoms with E-state index in [0.717, 1.165) is 5.75 Å². The summed E-state index contributed by atoms with van der Waals surface area (Å²) in [5.74, 6) is 1.02. The maximum absolute atomic E-state index is 5.77. The van der Waals surface area contributed by atoms with Gasteiger partial charge >= 0.3 is 0 Å². The Kier molecular flexibility index (Phi) is 1.30. The highest BCUT2D eigenvalue weighted by molar-refractivity contribution is 5.90. The Labute approximate surface area is 87.4 Å². The number of rotatable bonds is 0. The molecule has 2 unspecified atom stereocenters. The second-order valence-corrected chi connectivity index (χ2v) is 4.11. The molecule has 0 spiro atoms. The summed E-state index contributed by atoms with van der Waals surface area (Å²) in [5.41, 5.74) is 1.21. The summed E-state index contributed by atoms with van der Waals surface area (Å²) in [7, 11) is 0. The van der Waals surface area contributed by atoms with Gasteiger partial charge in [0.1, 0.15) is 24.6 Å². The first-order valence-electron chi connectivity index (χ1n) is 5.23. The van der Waals surface area contributed by atoms with Crippen LogP contribution in [0.5, 0.6) is 5.75 Å². The zero-order valence-corrected chi connectivity index (χ0v) is 8.14. The van der Waals surface area contributed by atoms with Crippen LogP contribution in [0.3, 0.4) is 0 Å². The van der Waals surface area contributed by atoms with Gasteiger partial charge < -0.3 is 9.47 Å². The molecule has 0 saturated carbocycles. The predicted molar refractivity (Wildman–Crippen MR) is 57.1 cm³/mol. The van der Waals surface area contributed by atoms with Crippen LogP contribution >= 0.6 is 0 Å². The van der Waals surface area contributed by atoms with E-state index in [-0.39, 0.29) is 0 Å². The zero-order chi connectivity index (χ0) is 9.83. The average molecular weight is 198 g/mol. The molecular weight excluding hydrogens is 188 g/mol. The van der Waals surface area contributed by atoms with Gasteiger partial charge in [0.25, 0.3) is 0 Å². The summed E-state index contributed by atoms with van der Waals surface area (Å²) in [5, 5.41) is 2.43. The third-order valence-electron chi connectivity index (χ3n) is 3.19. The third kappa shape index (κ3) is 0.972. The number of fused-ring (bicyclic) bond motifs is 5. The van der Waals surface area contributed by atoms with Gasteiger partial charge in [0.2, 0.25) is 0 Å². The van der Waals surface area contributed by atoms with E-state index in [1.807, 2.05) is 12.1 Å². The van der Waals surface area contributed by atoms with Crippen molar-refractivity contribution in [3.63, 3.8) is 0 Å². The van der Waals surface area contributed by atoms with Gasteiger partial charge in [0.15, 0.2) is 0 Å². The van der Waals surface area contributed by atoms with Gasteiger partial charge in [-0.15, -0.1) is 0 Å². The summed E-state index contributed by atoms with van der Waals surface area (Å²) in [6.07, 6.45) is 0.594. The van der Waals surface area contributed by atoms with Crippen molar-refractivity contribution in [1.29, 1.82) is 0 Å². The molecule has 0 amide bonds. The fraction of sp³-hybridized carbons (Fsp3) is 0.231. The first-order chi connectivity index (χ1) is 7.43. The molecule has 74 valence electrons. The topological polar surface area (TPSA) is 21.8 Å². The minimum absolute atomic E-state index is 0.290. The zero-order valence-electron chi connectivity index (χ0n) is 8.14. The second kappa shape index (κ2) is 2.52. The Bertz CT molecular complexity index is 547. The molecule has 0 N–H and O–H groups in total. The molecule has 0 aromatic heterocycles. The van der Waals surface area contributed by atoms with Gasteiger partial charge in [-0.25, -0.2) is 0 Å². The van der Waals surface area contributed by atoms with E-state index in [1.54, 1.807) is 0 Å². The van der Waals surface area contributed by atoms with Gasteiger partial charge in [-0.05, 0) is 5.39 Å². The van der Waals surface area contributed by atoms with Gasteiger partial charge in [-0.1, -0.05) is 36.4 Å². The first-order valence-corrected chi connectivity index (χ1v) is 5.23. The number of hydrogen-bond acceptors (Lipinski definition) is 2. The van der Waals surface area contributed by atoms with Crippen LogP contribution in [-0.4, -0.2) is 12.7 Å². The molecule has 0 aliphatic carbocycles. The molecule has 15 heavy (non-hydrogen) atoms. The number of ether oxygens (including phenoxy) is 2. The van der Waals surface area contributed by atoms with Gasteiger partial charge in [-0.2, -0.15) is 0 Å². The Balaban J connectivity index is 2.07. The van der Waals surface area contributed by atoms with Gasteiger partial charge in [0, 0.05) is 10.9 Å². The monoisotopic (exact) mass is 198 g/mol. The Morgan fingerprint density at radius 3 is 3.00 bits per heavy atom. The lowest BCUT2D eigenvalue weighted by Gasteiger charge is -2.15. The normalized spacial score (nSPS) is 26.7. The van der Waals surface area contributed by atoms with Crippen LogP contribution in [0.4, 0.5) is 0 Å².